The molecule has 8 nitrogen and oxygen atoms in total. The lowest BCUT2D eigenvalue weighted by Gasteiger charge is -2.17. The van der Waals surface area contributed by atoms with Gasteiger partial charge in [0.1, 0.15) is 25.0 Å². The summed E-state index contributed by atoms with van der Waals surface area (Å²) in [5.41, 5.74) is 8.28. The van der Waals surface area contributed by atoms with Crippen LogP contribution in [0, 0.1) is 0 Å². The minimum Gasteiger partial charge on any atom is -0.463 e. The Kier molecular flexibility index (Phi) is 4.74. The van der Waals surface area contributed by atoms with Crippen LogP contribution < -0.4 is 0 Å². The van der Waals surface area contributed by atoms with Crippen LogP contribution in [0.25, 0.3) is 10.4 Å². The van der Waals surface area contributed by atoms with Crippen LogP contribution >= 0.6 is 0 Å². The SMILES string of the molecule is CC(=O)OC[C@H]1O[C@@H](N=[N+]=[N-])C[C@@H]1OC(C)=O. The number of azide groups is 1. The number of ether oxygens (including phenoxy) is 3. The summed E-state index contributed by atoms with van der Waals surface area (Å²) in [6.07, 6.45) is -1.61. The fourth-order valence-corrected chi connectivity index (χ4v) is 1.51. The smallest absolute Gasteiger partial charge is 0.302 e. The Morgan fingerprint density at radius 2 is 2.18 bits per heavy atom. The van der Waals surface area contributed by atoms with E-state index in [2.05, 4.69) is 10.0 Å². The summed E-state index contributed by atoms with van der Waals surface area (Å²) in [5.74, 6) is -0.921. The fourth-order valence-electron chi connectivity index (χ4n) is 1.51. The molecule has 0 saturated carbocycles. The summed E-state index contributed by atoms with van der Waals surface area (Å²) in [6, 6.07) is 0. The Balaban J connectivity index is 2.59. The van der Waals surface area contributed by atoms with Gasteiger partial charge in [-0.15, -0.1) is 0 Å². The Morgan fingerprint density at radius 1 is 1.47 bits per heavy atom. The highest BCUT2D eigenvalue weighted by atomic mass is 16.6. The molecular formula is C9H13N3O5. The molecule has 17 heavy (non-hydrogen) atoms. The molecule has 0 bridgehead atoms. The van der Waals surface area contributed by atoms with E-state index in [1.54, 1.807) is 0 Å². The van der Waals surface area contributed by atoms with E-state index in [-0.39, 0.29) is 13.0 Å². The predicted molar refractivity (Wildman–Crippen MR) is 54.6 cm³/mol. The molecule has 1 saturated heterocycles. The van der Waals surface area contributed by atoms with Crippen molar-refractivity contribution in [1.82, 2.24) is 0 Å². The summed E-state index contributed by atoms with van der Waals surface area (Å²) in [7, 11) is 0. The molecule has 0 aromatic carbocycles. The lowest BCUT2D eigenvalue weighted by molar-refractivity contribution is -0.154. The van der Waals surface area contributed by atoms with E-state index in [1.165, 1.54) is 13.8 Å². The largest absolute Gasteiger partial charge is 0.463 e. The molecule has 8 heteroatoms. The van der Waals surface area contributed by atoms with Gasteiger partial charge in [0.25, 0.3) is 0 Å². The van der Waals surface area contributed by atoms with Gasteiger partial charge in [0.15, 0.2) is 0 Å². The molecular weight excluding hydrogens is 230 g/mol. The average Bonchev–Trinajstić information content (AvgIpc) is 2.57. The summed E-state index contributed by atoms with van der Waals surface area (Å²) < 4.78 is 15.1. The van der Waals surface area contributed by atoms with Crippen molar-refractivity contribution in [2.75, 3.05) is 6.61 Å². The third kappa shape index (κ3) is 4.29. The van der Waals surface area contributed by atoms with Gasteiger partial charge < -0.3 is 14.2 Å². The summed E-state index contributed by atoms with van der Waals surface area (Å²) in [4.78, 5) is 24.1. The number of esters is 2. The molecule has 0 aromatic rings. The Hall–Kier alpha value is -1.79. The van der Waals surface area contributed by atoms with E-state index in [4.69, 9.17) is 19.7 Å². The van der Waals surface area contributed by atoms with Crippen molar-refractivity contribution in [3.8, 4) is 0 Å². The van der Waals surface area contributed by atoms with Gasteiger partial charge in [-0.1, -0.05) is 5.11 Å². The molecule has 1 rings (SSSR count). The number of nitrogens with zero attached hydrogens (tertiary/aromatic N) is 3. The molecule has 0 aromatic heterocycles. The minimum absolute atomic E-state index is 0.0370. The van der Waals surface area contributed by atoms with Crippen molar-refractivity contribution >= 4 is 11.9 Å². The maximum atomic E-state index is 10.9. The monoisotopic (exact) mass is 243 g/mol. The van der Waals surface area contributed by atoms with Crippen LogP contribution in [0.1, 0.15) is 20.3 Å². The number of carbonyl (C=O) groups is 2. The lowest BCUT2D eigenvalue weighted by Crippen LogP contribution is -2.31. The van der Waals surface area contributed by atoms with E-state index >= 15 is 0 Å². The fraction of sp³-hybridized carbons (Fsp3) is 0.778. The zero-order valence-corrected chi connectivity index (χ0v) is 9.53. The minimum atomic E-state index is -0.704. The van der Waals surface area contributed by atoms with Crippen LogP contribution in [0.15, 0.2) is 5.11 Å². The Bertz CT molecular complexity index is 353. The highest BCUT2D eigenvalue weighted by Gasteiger charge is 2.37. The quantitative estimate of drug-likeness (QED) is 0.315. The van der Waals surface area contributed by atoms with Crippen LogP contribution in [0.4, 0.5) is 0 Å². The van der Waals surface area contributed by atoms with Crippen molar-refractivity contribution in [3.63, 3.8) is 0 Å². The summed E-state index contributed by atoms with van der Waals surface area (Å²) in [5, 5.41) is 3.39. The van der Waals surface area contributed by atoms with E-state index in [0.29, 0.717) is 0 Å². The van der Waals surface area contributed by atoms with E-state index in [9.17, 15) is 9.59 Å². The lowest BCUT2D eigenvalue weighted by atomic mass is 10.2. The van der Waals surface area contributed by atoms with Gasteiger partial charge in [-0.3, -0.25) is 9.59 Å². The van der Waals surface area contributed by atoms with Gasteiger partial charge in [0.2, 0.25) is 0 Å². The van der Waals surface area contributed by atoms with Gasteiger partial charge in [0.05, 0.1) is 0 Å². The first kappa shape index (κ1) is 13.3. The second-order valence-electron chi connectivity index (χ2n) is 3.52. The van der Waals surface area contributed by atoms with Gasteiger partial charge in [-0.2, -0.15) is 0 Å². The van der Waals surface area contributed by atoms with Crippen molar-refractivity contribution in [1.29, 1.82) is 0 Å². The van der Waals surface area contributed by atoms with Gasteiger partial charge in [0, 0.05) is 25.2 Å². The summed E-state index contributed by atoms with van der Waals surface area (Å²) in [6.45, 7) is 2.50. The third-order valence-corrected chi connectivity index (χ3v) is 2.13. The standard InChI is InChI=1S/C9H13N3O5/c1-5(13)15-4-8-7(16-6(2)14)3-9(17-8)11-12-10/h7-9H,3-4H2,1-2H3/t7-,8+,9+/m0/s1. The van der Waals surface area contributed by atoms with Gasteiger partial charge in [-0.25, -0.2) is 0 Å². The molecule has 0 unspecified atom stereocenters. The molecule has 0 spiro atoms. The third-order valence-electron chi connectivity index (χ3n) is 2.13. The second kappa shape index (κ2) is 6.07. The van der Waals surface area contributed by atoms with Crippen molar-refractivity contribution in [2.45, 2.75) is 38.7 Å². The molecule has 94 valence electrons. The highest BCUT2D eigenvalue weighted by molar-refractivity contribution is 5.66. The molecule has 1 heterocycles. The topological polar surface area (TPSA) is 111 Å². The van der Waals surface area contributed by atoms with Crippen LogP contribution in [0.5, 0.6) is 0 Å². The predicted octanol–water partition coefficient (Wildman–Crippen LogP) is 0.906. The number of hydrogen-bond donors (Lipinski definition) is 0. The van der Waals surface area contributed by atoms with Crippen molar-refractivity contribution in [2.24, 2.45) is 5.11 Å². The molecule has 1 aliphatic heterocycles. The Morgan fingerprint density at radius 3 is 2.71 bits per heavy atom. The van der Waals surface area contributed by atoms with Crippen LogP contribution in [-0.2, 0) is 23.8 Å². The molecule has 0 amide bonds. The summed E-state index contributed by atoms with van der Waals surface area (Å²) >= 11 is 0. The molecule has 0 radical (unpaired) electrons. The number of hydrogen-bond acceptors (Lipinski definition) is 6. The number of rotatable bonds is 4. The maximum Gasteiger partial charge on any atom is 0.302 e. The normalized spacial score (nSPS) is 27.1. The average molecular weight is 243 g/mol. The molecule has 1 fully saturated rings. The first-order valence-electron chi connectivity index (χ1n) is 5.03. The van der Waals surface area contributed by atoms with Gasteiger partial charge >= 0.3 is 11.9 Å². The van der Waals surface area contributed by atoms with Crippen molar-refractivity contribution in [3.05, 3.63) is 10.4 Å². The first-order valence-corrected chi connectivity index (χ1v) is 5.03. The molecule has 0 N–H and O–H groups in total. The van der Waals surface area contributed by atoms with Crippen molar-refractivity contribution < 1.29 is 23.8 Å². The van der Waals surface area contributed by atoms with Crippen LogP contribution in [-0.4, -0.2) is 37.0 Å². The zero-order chi connectivity index (χ0) is 12.8. The zero-order valence-electron chi connectivity index (χ0n) is 9.53. The van der Waals surface area contributed by atoms with E-state index < -0.39 is 30.4 Å². The van der Waals surface area contributed by atoms with Gasteiger partial charge in [-0.05, 0) is 5.53 Å². The highest BCUT2D eigenvalue weighted by Crippen LogP contribution is 2.24. The van der Waals surface area contributed by atoms with Crippen LogP contribution in [0.3, 0.4) is 0 Å². The van der Waals surface area contributed by atoms with Crippen LogP contribution in [0.2, 0.25) is 0 Å². The Labute approximate surface area is 97.5 Å². The number of carbonyl (C=O) groups excluding carboxylic acids is 2. The molecule has 0 aliphatic carbocycles. The second-order valence-corrected chi connectivity index (χ2v) is 3.52. The molecule has 1 aliphatic rings. The first-order chi connectivity index (χ1) is 8.02. The van der Waals surface area contributed by atoms with E-state index in [0.717, 1.165) is 0 Å². The maximum absolute atomic E-state index is 10.9. The van der Waals surface area contributed by atoms with E-state index in [1.807, 2.05) is 0 Å². The molecule has 3 atom stereocenters.